The Hall–Kier alpha value is -2.71. The fourth-order valence-corrected chi connectivity index (χ4v) is 4.63. The van der Waals surface area contributed by atoms with Crippen LogP contribution in [0, 0.1) is 0 Å². The minimum atomic E-state index is -1.59. The van der Waals surface area contributed by atoms with E-state index in [-0.39, 0.29) is 6.04 Å². The third kappa shape index (κ3) is 2.55. The Bertz CT molecular complexity index is 1020. The van der Waals surface area contributed by atoms with Crippen LogP contribution in [0.25, 0.3) is 21.5 Å². The van der Waals surface area contributed by atoms with Crippen molar-refractivity contribution in [2.75, 3.05) is 6.54 Å². The van der Waals surface area contributed by atoms with Gasteiger partial charge in [0.15, 0.2) is 5.67 Å². The molecule has 5 rings (SSSR count). The zero-order valence-corrected chi connectivity index (χ0v) is 15.2. The molecule has 0 saturated carbocycles. The van der Waals surface area contributed by atoms with Crippen LogP contribution < -0.4 is 5.32 Å². The number of halogens is 1. The second kappa shape index (κ2) is 6.47. The summed E-state index contributed by atoms with van der Waals surface area (Å²) in [6.45, 7) is 0.867. The summed E-state index contributed by atoms with van der Waals surface area (Å²) in [6, 6.07) is 28.0. The highest BCUT2D eigenvalue weighted by atomic mass is 19.1. The minimum Gasteiger partial charge on any atom is -0.310 e. The van der Waals surface area contributed by atoms with E-state index in [0.29, 0.717) is 0 Å². The number of alkyl halides is 1. The predicted molar refractivity (Wildman–Crippen MR) is 111 cm³/mol. The Morgan fingerprint density at radius 3 is 1.74 bits per heavy atom. The monoisotopic (exact) mass is 355 g/mol. The van der Waals surface area contributed by atoms with E-state index in [1.807, 2.05) is 60.7 Å². The number of hydrogen-bond acceptors (Lipinski definition) is 1. The van der Waals surface area contributed by atoms with E-state index in [2.05, 4.69) is 29.6 Å². The van der Waals surface area contributed by atoms with Crippen molar-refractivity contribution in [3.63, 3.8) is 0 Å². The molecule has 4 aromatic carbocycles. The van der Waals surface area contributed by atoms with Crippen molar-refractivity contribution in [3.8, 4) is 0 Å². The first-order chi connectivity index (χ1) is 13.3. The lowest BCUT2D eigenvalue weighted by Gasteiger charge is -2.34. The molecule has 1 saturated heterocycles. The Labute approximate surface area is 158 Å². The van der Waals surface area contributed by atoms with Crippen LogP contribution >= 0.6 is 0 Å². The lowest BCUT2D eigenvalue weighted by atomic mass is 9.77. The van der Waals surface area contributed by atoms with Crippen LogP contribution in [0.2, 0.25) is 0 Å². The summed E-state index contributed by atoms with van der Waals surface area (Å²) in [5.74, 6) is 0. The first kappa shape index (κ1) is 16.5. The van der Waals surface area contributed by atoms with E-state index in [1.54, 1.807) is 0 Å². The molecule has 1 atom stereocenters. The van der Waals surface area contributed by atoms with Gasteiger partial charge in [0, 0.05) is 17.2 Å². The molecule has 1 aliphatic heterocycles. The molecule has 0 radical (unpaired) electrons. The van der Waals surface area contributed by atoms with Gasteiger partial charge in [-0.1, -0.05) is 84.9 Å². The average molecular weight is 355 g/mol. The van der Waals surface area contributed by atoms with Gasteiger partial charge in [-0.25, -0.2) is 4.39 Å². The largest absolute Gasteiger partial charge is 0.310 e. The Kier molecular flexibility index (Phi) is 3.95. The molecule has 0 aromatic heterocycles. The molecule has 0 spiro atoms. The summed E-state index contributed by atoms with van der Waals surface area (Å²) in [4.78, 5) is 0. The Balaban J connectivity index is 1.85. The van der Waals surface area contributed by atoms with Gasteiger partial charge in [-0.3, -0.25) is 0 Å². The van der Waals surface area contributed by atoms with Crippen molar-refractivity contribution >= 4 is 21.5 Å². The maximum Gasteiger partial charge on any atom is 0.177 e. The molecule has 27 heavy (non-hydrogen) atoms. The summed E-state index contributed by atoms with van der Waals surface area (Å²) in [6.07, 6.45) is 1.84. The van der Waals surface area contributed by atoms with E-state index in [1.165, 1.54) is 0 Å². The fourth-order valence-electron chi connectivity index (χ4n) is 4.63. The lowest BCUT2D eigenvalue weighted by Crippen LogP contribution is -2.43. The van der Waals surface area contributed by atoms with Gasteiger partial charge in [-0.05, 0) is 40.9 Å². The first-order valence-corrected chi connectivity index (χ1v) is 9.67. The molecule has 4 aromatic rings. The van der Waals surface area contributed by atoms with Crippen molar-refractivity contribution < 1.29 is 4.39 Å². The van der Waals surface area contributed by atoms with Crippen LogP contribution in [0.3, 0.4) is 0 Å². The number of benzene rings is 4. The molecule has 0 unspecified atom stereocenters. The van der Waals surface area contributed by atoms with Crippen LogP contribution in [0.4, 0.5) is 4.39 Å². The van der Waals surface area contributed by atoms with Gasteiger partial charge >= 0.3 is 0 Å². The van der Waals surface area contributed by atoms with E-state index in [9.17, 15) is 0 Å². The molecule has 1 N–H and O–H groups in total. The van der Waals surface area contributed by atoms with Crippen LogP contribution in [-0.4, -0.2) is 12.6 Å². The van der Waals surface area contributed by atoms with Crippen molar-refractivity contribution in [1.82, 2.24) is 5.32 Å². The van der Waals surface area contributed by atoms with Crippen molar-refractivity contribution in [2.45, 2.75) is 24.6 Å². The fraction of sp³-hybridized carbons (Fsp3) is 0.200. The van der Waals surface area contributed by atoms with Crippen molar-refractivity contribution in [2.24, 2.45) is 0 Å². The molecule has 0 bridgehead atoms. The Morgan fingerprint density at radius 2 is 1.22 bits per heavy atom. The number of hydrogen-bond donors (Lipinski definition) is 1. The molecule has 134 valence electrons. The van der Waals surface area contributed by atoms with E-state index < -0.39 is 5.67 Å². The average Bonchev–Trinajstić information content (AvgIpc) is 3.28. The number of nitrogens with one attached hydrogen (secondary N) is 1. The van der Waals surface area contributed by atoms with Crippen LogP contribution in [-0.2, 0) is 5.67 Å². The summed E-state index contributed by atoms with van der Waals surface area (Å²) in [5.41, 5.74) is -0.0641. The number of rotatable bonds is 3. The predicted octanol–water partition coefficient (Wildman–Crippen LogP) is 5.96. The third-order valence-electron chi connectivity index (χ3n) is 5.90. The highest BCUT2D eigenvalue weighted by Crippen LogP contribution is 2.45. The van der Waals surface area contributed by atoms with E-state index >= 15 is 4.39 Å². The van der Waals surface area contributed by atoms with E-state index in [0.717, 1.165) is 52.1 Å². The zero-order chi connectivity index (χ0) is 18.3. The topological polar surface area (TPSA) is 12.0 Å². The summed E-state index contributed by atoms with van der Waals surface area (Å²) < 4.78 is 17.4. The summed E-state index contributed by atoms with van der Waals surface area (Å²) in [5, 5.41) is 7.59. The molecule has 0 amide bonds. The second-order valence-corrected chi connectivity index (χ2v) is 7.41. The maximum atomic E-state index is 17.4. The highest BCUT2D eigenvalue weighted by molar-refractivity contribution is 5.91. The lowest BCUT2D eigenvalue weighted by molar-refractivity contribution is 0.167. The quantitative estimate of drug-likeness (QED) is 0.478. The van der Waals surface area contributed by atoms with Crippen molar-refractivity contribution in [3.05, 3.63) is 96.1 Å². The molecule has 1 fully saturated rings. The first-order valence-electron chi connectivity index (χ1n) is 9.67. The number of fused-ring (bicyclic) bond motifs is 2. The van der Waals surface area contributed by atoms with Crippen LogP contribution in [0.1, 0.15) is 24.0 Å². The van der Waals surface area contributed by atoms with Gasteiger partial charge < -0.3 is 5.32 Å². The standard InChI is InChI=1S/C25H22FN/c26-25(24-16-7-17-27-24,22-14-5-10-18-8-1-3-12-20(18)22)23-15-6-11-19-9-2-4-13-21(19)23/h1-6,8-15,24,27H,7,16-17H2/t24-/m0/s1. The highest BCUT2D eigenvalue weighted by Gasteiger charge is 2.45. The smallest absolute Gasteiger partial charge is 0.177 e. The van der Waals surface area contributed by atoms with Crippen molar-refractivity contribution in [1.29, 1.82) is 0 Å². The molecular weight excluding hydrogens is 333 g/mol. The second-order valence-electron chi connectivity index (χ2n) is 7.41. The van der Waals surface area contributed by atoms with Gasteiger partial charge in [-0.15, -0.1) is 0 Å². The van der Waals surface area contributed by atoms with Gasteiger partial charge in [0.1, 0.15) is 0 Å². The molecule has 1 aliphatic rings. The zero-order valence-electron chi connectivity index (χ0n) is 15.2. The SMILES string of the molecule is FC(c1cccc2ccccc12)(c1cccc2ccccc12)[C@@H]1CCCN1. The molecule has 1 heterocycles. The Morgan fingerprint density at radius 1 is 0.704 bits per heavy atom. The van der Waals surface area contributed by atoms with Crippen LogP contribution in [0.5, 0.6) is 0 Å². The van der Waals surface area contributed by atoms with Gasteiger partial charge in [0.2, 0.25) is 0 Å². The van der Waals surface area contributed by atoms with Gasteiger partial charge in [0.25, 0.3) is 0 Å². The molecule has 1 nitrogen and oxygen atoms in total. The normalized spacial score (nSPS) is 17.6. The van der Waals surface area contributed by atoms with E-state index in [4.69, 9.17) is 0 Å². The summed E-state index contributed by atoms with van der Waals surface area (Å²) in [7, 11) is 0. The third-order valence-corrected chi connectivity index (χ3v) is 5.90. The maximum absolute atomic E-state index is 17.4. The van der Waals surface area contributed by atoms with Gasteiger partial charge in [-0.2, -0.15) is 0 Å². The van der Waals surface area contributed by atoms with Crippen LogP contribution in [0.15, 0.2) is 84.9 Å². The minimum absolute atomic E-state index is 0.228. The van der Waals surface area contributed by atoms with Gasteiger partial charge in [0.05, 0.1) is 0 Å². The molecule has 0 aliphatic carbocycles. The summed E-state index contributed by atoms with van der Waals surface area (Å²) >= 11 is 0. The molecule has 2 heteroatoms. The molecular formula is C25H22FN.